The maximum atomic E-state index is 13.3. The molecule has 1 aliphatic carbocycles. The summed E-state index contributed by atoms with van der Waals surface area (Å²) in [4.78, 5) is 15.6. The van der Waals surface area contributed by atoms with Gasteiger partial charge < -0.3 is 4.74 Å². The van der Waals surface area contributed by atoms with Gasteiger partial charge >= 0.3 is 0 Å². The number of amides is 1. The van der Waals surface area contributed by atoms with Crippen molar-refractivity contribution in [3.63, 3.8) is 0 Å². The van der Waals surface area contributed by atoms with Crippen LogP contribution < -0.4 is 4.74 Å². The number of benzene rings is 1. The minimum Gasteiger partial charge on any atom is -0.482 e. The number of ether oxygens (including phenoxy) is 1. The molecule has 0 spiro atoms. The zero-order chi connectivity index (χ0) is 22.1. The summed E-state index contributed by atoms with van der Waals surface area (Å²) in [5.41, 5.74) is 2.25. The lowest BCUT2D eigenvalue weighted by Gasteiger charge is -2.28. The molecule has 4 nitrogen and oxygen atoms in total. The van der Waals surface area contributed by atoms with Crippen molar-refractivity contribution in [3.8, 4) is 5.75 Å². The van der Waals surface area contributed by atoms with Crippen LogP contribution in [0.5, 0.6) is 5.75 Å². The Morgan fingerprint density at radius 1 is 1.19 bits per heavy atom. The van der Waals surface area contributed by atoms with Crippen molar-refractivity contribution in [1.29, 1.82) is 0 Å². The van der Waals surface area contributed by atoms with Gasteiger partial charge in [0, 0.05) is 20.7 Å². The molecule has 8 heteroatoms. The first kappa shape index (κ1) is 21.7. The van der Waals surface area contributed by atoms with Gasteiger partial charge in [0.15, 0.2) is 6.61 Å². The van der Waals surface area contributed by atoms with Crippen LogP contribution in [-0.2, 0) is 4.79 Å². The number of fused-ring (bicyclic) bond motifs is 1. The Balaban J connectivity index is 1.43. The molecule has 2 aliphatic rings. The van der Waals surface area contributed by atoms with Crippen molar-refractivity contribution < 1.29 is 9.53 Å². The standard InChI is InChI=1S/C24H20Cl2N2O2S2/c25-16-8-9-20(19(26)13-16)30-14-22(29)28-24(21-7-3-11-32-21)18-6-1-4-15(23(18)27-28)12-17-5-2-10-31-17/h2-3,5,7-13,18,24H,1,4,6,14H2/b15-12-/t18-,24-/m0/s1. The third-order valence-corrected chi connectivity index (χ3v) is 7.99. The van der Waals surface area contributed by atoms with Gasteiger partial charge in [0.25, 0.3) is 5.91 Å². The van der Waals surface area contributed by atoms with Crippen molar-refractivity contribution in [3.05, 3.63) is 78.6 Å². The Bertz CT molecular complexity index is 1170. The van der Waals surface area contributed by atoms with Crippen LogP contribution in [0.25, 0.3) is 6.08 Å². The molecular formula is C24H20Cl2N2O2S2. The second-order valence-corrected chi connectivity index (χ2v) is 10.5. The lowest BCUT2D eigenvalue weighted by molar-refractivity contribution is -0.135. The topological polar surface area (TPSA) is 41.9 Å². The molecule has 1 aliphatic heterocycles. The average Bonchev–Trinajstić information content (AvgIpc) is 3.53. The van der Waals surface area contributed by atoms with Gasteiger partial charge in [0.1, 0.15) is 5.75 Å². The average molecular weight is 503 g/mol. The van der Waals surface area contributed by atoms with Gasteiger partial charge in [-0.2, -0.15) is 5.10 Å². The Labute approximate surface area is 204 Å². The van der Waals surface area contributed by atoms with Crippen molar-refractivity contribution in [2.24, 2.45) is 11.0 Å². The minimum absolute atomic E-state index is 0.103. The molecule has 0 N–H and O–H groups in total. The van der Waals surface area contributed by atoms with Crippen molar-refractivity contribution in [2.75, 3.05) is 6.61 Å². The summed E-state index contributed by atoms with van der Waals surface area (Å²) in [6, 6.07) is 13.1. The molecule has 3 aromatic rings. The van der Waals surface area contributed by atoms with Gasteiger partial charge in [-0.1, -0.05) is 35.3 Å². The van der Waals surface area contributed by atoms with E-state index in [1.807, 2.05) is 11.4 Å². The molecule has 0 unspecified atom stereocenters. The Hall–Kier alpha value is -2.12. The predicted octanol–water partition coefficient (Wildman–Crippen LogP) is 7.32. The van der Waals surface area contributed by atoms with Crippen molar-refractivity contribution in [2.45, 2.75) is 25.3 Å². The summed E-state index contributed by atoms with van der Waals surface area (Å²) in [6.45, 7) is -0.142. The van der Waals surface area contributed by atoms with Crippen LogP contribution in [0.3, 0.4) is 0 Å². The monoisotopic (exact) mass is 502 g/mol. The fraction of sp³-hybridized carbons (Fsp3) is 0.250. The molecule has 1 fully saturated rings. The van der Waals surface area contributed by atoms with E-state index in [2.05, 4.69) is 29.7 Å². The molecule has 1 aromatic carbocycles. The number of carbonyl (C=O) groups is 1. The van der Waals surface area contributed by atoms with E-state index in [0.29, 0.717) is 15.8 Å². The van der Waals surface area contributed by atoms with E-state index in [-0.39, 0.29) is 24.5 Å². The Morgan fingerprint density at radius 3 is 2.78 bits per heavy atom. The first-order valence-corrected chi connectivity index (χ1v) is 12.9. The second kappa shape index (κ2) is 9.40. The fourth-order valence-electron chi connectivity index (χ4n) is 4.29. The molecule has 0 bridgehead atoms. The van der Waals surface area contributed by atoms with E-state index in [1.54, 1.807) is 45.9 Å². The molecule has 2 aromatic heterocycles. The molecule has 0 radical (unpaired) electrons. The predicted molar refractivity (Wildman–Crippen MR) is 133 cm³/mol. The largest absolute Gasteiger partial charge is 0.482 e. The SMILES string of the molecule is O=C(COc1ccc(Cl)cc1Cl)N1N=C2/C(=C\c3cccs3)CCC[C@@H]2[C@H]1c1cccs1. The number of allylic oxidation sites excluding steroid dienone is 1. The fourth-order valence-corrected chi connectivity index (χ4v) is 6.31. The second-order valence-electron chi connectivity index (χ2n) is 7.73. The third-order valence-electron chi connectivity index (χ3n) is 5.70. The highest BCUT2D eigenvalue weighted by Crippen LogP contribution is 2.45. The number of rotatable bonds is 5. The van der Waals surface area contributed by atoms with Crippen molar-refractivity contribution >= 4 is 63.6 Å². The molecular weight excluding hydrogens is 483 g/mol. The normalized spacial score (nSPS) is 21.5. The van der Waals surface area contributed by atoms with E-state index in [0.717, 1.165) is 29.9 Å². The van der Waals surface area contributed by atoms with Gasteiger partial charge in [-0.3, -0.25) is 4.79 Å². The summed E-state index contributed by atoms with van der Waals surface area (Å²) in [6.07, 6.45) is 5.29. The van der Waals surface area contributed by atoms with E-state index in [1.165, 1.54) is 10.5 Å². The molecule has 32 heavy (non-hydrogen) atoms. The lowest BCUT2D eigenvalue weighted by atomic mass is 9.79. The highest BCUT2D eigenvalue weighted by Gasteiger charge is 2.44. The highest BCUT2D eigenvalue weighted by molar-refractivity contribution is 7.11. The first-order valence-electron chi connectivity index (χ1n) is 10.4. The van der Waals surface area contributed by atoms with E-state index < -0.39 is 0 Å². The zero-order valence-electron chi connectivity index (χ0n) is 17.0. The van der Waals surface area contributed by atoms with E-state index in [4.69, 9.17) is 33.0 Å². The highest BCUT2D eigenvalue weighted by atomic mass is 35.5. The van der Waals surface area contributed by atoms with Crippen LogP contribution >= 0.6 is 45.9 Å². The molecule has 1 saturated carbocycles. The minimum atomic E-state index is -0.188. The lowest BCUT2D eigenvalue weighted by Crippen LogP contribution is -2.34. The van der Waals surface area contributed by atoms with Gasteiger partial charge in [0.05, 0.1) is 16.8 Å². The number of thiophene rings is 2. The van der Waals surface area contributed by atoms with Crippen LogP contribution in [0.15, 0.2) is 63.9 Å². The molecule has 1 amide bonds. The maximum absolute atomic E-state index is 13.3. The summed E-state index contributed by atoms with van der Waals surface area (Å²) in [7, 11) is 0. The summed E-state index contributed by atoms with van der Waals surface area (Å²) in [5, 5.41) is 11.5. The van der Waals surface area contributed by atoms with Crippen LogP contribution in [0, 0.1) is 5.92 Å². The molecule has 164 valence electrons. The quantitative estimate of drug-likeness (QED) is 0.366. The van der Waals surface area contributed by atoms with Crippen LogP contribution in [-0.4, -0.2) is 23.2 Å². The molecule has 3 heterocycles. The zero-order valence-corrected chi connectivity index (χ0v) is 20.2. The number of nitrogens with zero attached hydrogens (tertiary/aromatic N) is 2. The summed E-state index contributed by atoms with van der Waals surface area (Å²) in [5.74, 6) is 0.433. The smallest absolute Gasteiger partial charge is 0.281 e. The van der Waals surface area contributed by atoms with Crippen LogP contribution in [0.2, 0.25) is 10.0 Å². The Kier molecular flexibility index (Phi) is 6.37. The van der Waals surface area contributed by atoms with Crippen LogP contribution in [0.4, 0.5) is 0 Å². The van der Waals surface area contributed by atoms with Gasteiger partial charge in [-0.15, -0.1) is 22.7 Å². The molecule has 0 saturated heterocycles. The van der Waals surface area contributed by atoms with E-state index >= 15 is 0 Å². The maximum Gasteiger partial charge on any atom is 0.281 e. The molecule has 5 rings (SSSR count). The summed E-state index contributed by atoms with van der Waals surface area (Å²) < 4.78 is 5.74. The van der Waals surface area contributed by atoms with Gasteiger partial charge in [-0.05, 0) is 72.0 Å². The van der Waals surface area contributed by atoms with E-state index in [9.17, 15) is 4.79 Å². The summed E-state index contributed by atoms with van der Waals surface area (Å²) >= 11 is 15.5. The number of hydrogen-bond donors (Lipinski definition) is 0. The molecule has 2 atom stereocenters. The number of carbonyl (C=O) groups excluding carboxylic acids is 1. The van der Waals surface area contributed by atoms with Gasteiger partial charge in [0.2, 0.25) is 0 Å². The third kappa shape index (κ3) is 4.37. The number of hydrogen-bond acceptors (Lipinski definition) is 5. The number of hydrazone groups is 1. The Morgan fingerprint density at radius 2 is 2.03 bits per heavy atom. The van der Waals surface area contributed by atoms with Crippen LogP contribution in [0.1, 0.15) is 35.1 Å². The van der Waals surface area contributed by atoms with Crippen molar-refractivity contribution in [1.82, 2.24) is 5.01 Å². The van der Waals surface area contributed by atoms with Gasteiger partial charge in [-0.25, -0.2) is 5.01 Å². The number of halogens is 2. The first-order chi connectivity index (χ1) is 15.6.